The predicted molar refractivity (Wildman–Crippen MR) is 238 cm³/mol. The summed E-state index contributed by atoms with van der Waals surface area (Å²) >= 11 is 1.84. The highest BCUT2D eigenvalue weighted by molar-refractivity contribution is 7.26. The van der Waals surface area contributed by atoms with Crippen molar-refractivity contribution < 1.29 is 4.42 Å². The summed E-state index contributed by atoms with van der Waals surface area (Å²) in [6.07, 6.45) is 14.1. The summed E-state index contributed by atoms with van der Waals surface area (Å²) in [6, 6.07) is 51.8. The minimum atomic E-state index is 0.285. The first kappa shape index (κ1) is 32.9. The van der Waals surface area contributed by atoms with Gasteiger partial charge in [0.15, 0.2) is 0 Å². The molecular weight excluding hydrogens is 687 g/mol. The van der Waals surface area contributed by atoms with Crippen LogP contribution in [0.1, 0.15) is 23.5 Å². The second kappa shape index (κ2) is 13.6. The number of rotatable bonds is 8. The van der Waals surface area contributed by atoms with Gasteiger partial charge in [-0.3, -0.25) is 0 Å². The SMILES string of the molecule is C=C(/C=C\C(=C)N(c1ccc2c(c1)oc1ccccc12)c1ccc(-c2ccccc2)c2sc3ccccc3c12)c1c(C2C=CC=CC2)ccc2ccccc12. The maximum absolute atomic E-state index is 6.45. The summed E-state index contributed by atoms with van der Waals surface area (Å²) in [5, 5.41) is 7.04. The molecule has 2 aromatic heterocycles. The normalized spacial score (nSPS) is 14.2. The van der Waals surface area contributed by atoms with Gasteiger partial charge in [0.05, 0.1) is 5.69 Å². The number of fused-ring (bicyclic) bond motifs is 7. The number of anilines is 2. The lowest BCUT2D eigenvalue weighted by Gasteiger charge is -2.27. The maximum Gasteiger partial charge on any atom is 0.137 e. The molecule has 0 aliphatic heterocycles. The van der Waals surface area contributed by atoms with Gasteiger partial charge in [-0.15, -0.1) is 11.3 Å². The molecule has 262 valence electrons. The highest BCUT2D eigenvalue weighted by Gasteiger charge is 2.22. The number of para-hydroxylation sites is 1. The lowest BCUT2D eigenvalue weighted by molar-refractivity contribution is 0.669. The molecule has 0 saturated heterocycles. The van der Waals surface area contributed by atoms with Crippen LogP contribution in [0.4, 0.5) is 11.4 Å². The number of hydrogen-bond acceptors (Lipinski definition) is 3. The molecule has 2 nitrogen and oxygen atoms in total. The molecule has 1 aliphatic rings. The smallest absolute Gasteiger partial charge is 0.137 e. The lowest BCUT2D eigenvalue weighted by Crippen LogP contribution is -2.14. The molecule has 0 amide bonds. The van der Waals surface area contributed by atoms with Crippen LogP contribution in [0, 0.1) is 0 Å². The summed E-state index contributed by atoms with van der Waals surface area (Å²) in [6.45, 7) is 9.47. The quantitative estimate of drug-likeness (QED) is 0.145. The Labute approximate surface area is 324 Å². The van der Waals surface area contributed by atoms with Crippen LogP contribution in [0.2, 0.25) is 0 Å². The van der Waals surface area contributed by atoms with Crippen molar-refractivity contribution in [2.24, 2.45) is 0 Å². The van der Waals surface area contributed by atoms with Gasteiger partial charge in [0.1, 0.15) is 11.2 Å². The Hall–Kier alpha value is -6.68. The second-order valence-corrected chi connectivity index (χ2v) is 15.2. The molecule has 0 radical (unpaired) electrons. The van der Waals surface area contributed by atoms with Gasteiger partial charge in [-0.25, -0.2) is 0 Å². The van der Waals surface area contributed by atoms with E-state index in [0.717, 1.165) is 51.0 Å². The van der Waals surface area contributed by atoms with Crippen molar-refractivity contribution in [3.8, 4) is 11.1 Å². The number of benzene rings is 7. The zero-order valence-electron chi connectivity index (χ0n) is 30.3. The molecule has 1 atom stereocenters. The van der Waals surface area contributed by atoms with Crippen LogP contribution in [0.5, 0.6) is 0 Å². The molecule has 1 unspecified atom stereocenters. The molecule has 3 heteroatoms. The molecule has 1 aliphatic carbocycles. The third-order valence-electron chi connectivity index (χ3n) is 10.9. The zero-order valence-corrected chi connectivity index (χ0v) is 31.1. The zero-order chi connectivity index (χ0) is 36.9. The minimum Gasteiger partial charge on any atom is -0.456 e. The summed E-state index contributed by atoms with van der Waals surface area (Å²) < 4.78 is 8.95. The summed E-state index contributed by atoms with van der Waals surface area (Å²) in [7, 11) is 0. The average molecular weight is 724 g/mol. The van der Waals surface area contributed by atoms with Crippen LogP contribution in [-0.2, 0) is 0 Å². The van der Waals surface area contributed by atoms with E-state index in [1.54, 1.807) is 0 Å². The lowest BCUT2D eigenvalue weighted by atomic mass is 9.84. The summed E-state index contributed by atoms with van der Waals surface area (Å²) in [5.74, 6) is 0.285. The van der Waals surface area contributed by atoms with E-state index in [0.29, 0.717) is 0 Å². The molecular formula is C52H37NOS. The maximum atomic E-state index is 6.45. The van der Waals surface area contributed by atoms with E-state index in [9.17, 15) is 0 Å². The van der Waals surface area contributed by atoms with Crippen LogP contribution in [-0.4, -0.2) is 0 Å². The molecule has 9 aromatic rings. The fourth-order valence-corrected chi connectivity index (χ4v) is 9.54. The Morgan fingerprint density at radius 2 is 1.44 bits per heavy atom. The molecule has 0 spiro atoms. The van der Waals surface area contributed by atoms with Gasteiger partial charge in [0.2, 0.25) is 0 Å². The molecule has 0 N–H and O–H groups in total. The fourth-order valence-electron chi connectivity index (χ4n) is 8.28. The molecule has 2 heterocycles. The molecule has 7 aromatic carbocycles. The van der Waals surface area contributed by atoms with Gasteiger partial charge in [0.25, 0.3) is 0 Å². The topological polar surface area (TPSA) is 16.4 Å². The van der Waals surface area contributed by atoms with Gasteiger partial charge < -0.3 is 9.32 Å². The van der Waals surface area contributed by atoms with Crippen molar-refractivity contribution in [2.45, 2.75) is 12.3 Å². The van der Waals surface area contributed by atoms with Crippen molar-refractivity contribution in [1.82, 2.24) is 0 Å². The Kier molecular flexibility index (Phi) is 8.16. The van der Waals surface area contributed by atoms with Crippen molar-refractivity contribution in [1.29, 1.82) is 0 Å². The molecule has 10 rings (SSSR count). The molecule has 0 bridgehead atoms. The van der Waals surface area contributed by atoms with Crippen LogP contribution in [0.15, 0.2) is 205 Å². The van der Waals surface area contributed by atoms with Gasteiger partial charge in [0, 0.05) is 54.3 Å². The molecule has 55 heavy (non-hydrogen) atoms. The number of nitrogens with zero attached hydrogens (tertiary/aromatic N) is 1. The summed E-state index contributed by atoms with van der Waals surface area (Å²) in [4.78, 5) is 2.28. The van der Waals surface area contributed by atoms with E-state index in [2.05, 4.69) is 175 Å². The van der Waals surface area contributed by atoms with E-state index in [1.165, 1.54) is 53.2 Å². The van der Waals surface area contributed by atoms with Crippen molar-refractivity contribution in [3.63, 3.8) is 0 Å². The number of furan rings is 1. The Morgan fingerprint density at radius 1 is 0.673 bits per heavy atom. The van der Waals surface area contributed by atoms with Crippen LogP contribution in [0.3, 0.4) is 0 Å². The van der Waals surface area contributed by atoms with Gasteiger partial charge in [-0.1, -0.05) is 153 Å². The van der Waals surface area contributed by atoms with Crippen molar-refractivity contribution in [3.05, 3.63) is 212 Å². The van der Waals surface area contributed by atoms with Crippen LogP contribution >= 0.6 is 11.3 Å². The number of allylic oxidation sites excluding steroid dienone is 7. The minimum absolute atomic E-state index is 0.285. The first-order valence-corrected chi connectivity index (χ1v) is 19.6. The van der Waals surface area contributed by atoms with Crippen LogP contribution < -0.4 is 4.90 Å². The first-order valence-electron chi connectivity index (χ1n) is 18.7. The molecule has 0 fully saturated rings. The third kappa shape index (κ3) is 5.72. The predicted octanol–water partition coefficient (Wildman–Crippen LogP) is 15.3. The Bertz CT molecular complexity index is 3060. The van der Waals surface area contributed by atoms with Crippen molar-refractivity contribution in [2.75, 3.05) is 4.90 Å². The Morgan fingerprint density at radius 3 is 2.29 bits per heavy atom. The van der Waals surface area contributed by atoms with E-state index < -0.39 is 0 Å². The van der Waals surface area contributed by atoms with E-state index in [1.807, 2.05) is 23.5 Å². The van der Waals surface area contributed by atoms with Gasteiger partial charge in [-0.05, 0) is 81.4 Å². The summed E-state index contributed by atoms with van der Waals surface area (Å²) in [5.41, 5.74) is 10.4. The molecule has 0 saturated carbocycles. The number of thiophene rings is 1. The second-order valence-electron chi connectivity index (χ2n) is 14.2. The standard InChI is InChI=1S/C52H37NOS/c1-34(50-40-20-10-9-19-38(40)27-29-41(50)36-15-5-3-6-16-36)25-26-35(2)53(39-28-30-44-43-21-11-13-23-47(43)54-48(44)33-39)46-32-31-42(37-17-7-4-8-18-37)52-51(46)45-22-12-14-24-49(45)55-52/h3-15,17-33,36H,1-2,16H2/b26-25-. The largest absolute Gasteiger partial charge is 0.456 e. The third-order valence-corrected chi connectivity index (χ3v) is 12.1. The van der Waals surface area contributed by atoms with Gasteiger partial charge in [-0.2, -0.15) is 0 Å². The Balaban J connectivity index is 1.15. The van der Waals surface area contributed by atoms with E-state index in [4.69, 9.17) is 17.6 Å². The monoisotopic (exact) mass is 723 g/mol. The van der Waals surface area contributed by atoms with E-state index >= 15 is 0 Å². The highest BCUT2D eigenvalue weighted by Crippen LogP contribution is 2.48. The highest BCUT2D eigenvalue weighted by atomic mass is 32.1. The van der Waals surface area contributed by atoms with Crippen molar-refractivity contribution >= 4 is 81.2 Å². The fraction of sp³-hybridized carbons (Fsp3) is 0.0385. The van der Waals surface area contributed by atoms with Crippen LogP contribution in [0.25, 0.3) is 69.6 Å². The van der Waals surface area contributed by atoms with E-state index in [-0.39, 0.29) is 5.92 Å². The first-order chi connectivity index (χ1) is 27.1. The number of hydrogen-bond donors (Lipinski definition) is 0. The average Bonchev–Trinajstić information content (AvgIpc) is 3.82. The van der Waals surface area contributed by atoms with Gasteiger partial charge >= 0.3 is 0 Å².